The number of benzene rings is 2. The van der Waals surface area contributed by atoms with Crippen LogP contribution in [0.25, 0.3) is 22.3 Å². The van der Waals surface area contributed by atoms with Crippen molar-refractivity contribution in [2.24, 2.45) is 0 Å². The third-order valence-corrected chi connectivity index (χ3v) is 3.39. The van der Waals surface area contributed by atoms with Crippen LogP contribution in [-0.2, 0) is 0 Å². The van der Waals surface area contributed by atoms with E-state index in [-0.39, 0.29) is 22.3 Å². The first-order valence-corrected chi connectivity index (χ1v) is 6.64. The molecular formula is C17H10F2O4. The van der Waals surface area contributed by atoms with Crippen molar-refractivity contribution >= 4 is 16.9 Å². The van der Waals surface area contributed by atoms with Crippen molar-refractivity contribution < 1.29 is 23.1 Å². The maximum atomic E-state index is 13.4. The molecule has 4 nitrogen and oxygen atoms in total. The van der Waals surface area contributed by atoms with Crippen LogP contribution in [0.5, 0.6) is 0 Å². The smallest absolute Gasteiger partial charge is 0.343 e. The van der Waals surface area contributed by atoms with Crippen molar-refractivity contribution in [1.82, 2.24) is 0 Å². The second kappa shape index (κ2) is 5.31. The molecule has 3 aromatic rings. The Labute approximate surface area is 128 Å². The first kappa shape index (κ1) is 14.9. The Morgan fingerprint density at radius 3 is 2.35 bits per heavy atom. The fourth-order valence-electron chi connectivity index (χ4n) is 2.38. The number of hydrogen-bond donors (Lipinski definition) is 1. The fourth-order valence-corrected chi connectivity index (χ4v) is 2.38. The minimum Gasteiger partial charge on any atom is -0.477 e. The average Bonchev–Trinajstić information content (AvgIpc) is 2.45. The maximum absolute atomic E-state index is 13.4. The van der Waals surface area contributed by atoms with Gasteiger partial charge in [-0.2, -0.15) is 0 Å². The van der Waals surface area contributed by atoms with E-state index in [1.54, 1.807) is 19.1 Å². The summed E-state index contributed by atoms with van der Waals surface area (Å²) in [5.41, 5.74) is -0.634. The van der Waals surface area contributed by atoms with Crippen LogP contribution >= 0.6 is 0 Å². The normalized spacial score (nSPS) is 10.9. The summed E-state index contributed by atoms with van der Waals surface area (Å²) in [6, 6.07) is 7.13. The molecule has 3 rings (SSSR count). The number of aromatic carboxylic acids is 1. The zero-order valence-electron chi connectivity index (χ0n) is 11.9. The lowest BCUT2D eigenvalue weighted by Gasteiger charge is -2.08. The molecule has 23 heavy (non-hydrogen) atoms. The Bertz CT molecular complexity index is 985. The van der Waals surface area contributed by atoms with E-state index in [1.807, 2.05) is 0 Å². The molecule has 6 heteroatoms. The van der Waals surface area contributed by atoms with Gasteiger partial charge >= 0.3 is 5.97 Å². The quantitative estimate of drug-likeness (QED) is 0.782. The predicted molar refractivity (Wildman–Crippen MR) is 79.5 cm³/mol. The number of aryl methyl sites for hydroxylation is 1. The summed E-state index contributed by atoms with van der Waals surface area (Å²) in [6.07, 6.45) is 0. The molecule has 1 heterocycles. The minimum atomic E-state index is -1.53. The molecule has 0 saturated carbocycles. The summed E-state index contributed by atoms with van der Waals surface area (Å²) in [5, 5.41) is 9.40. The lowest BCUT2D eigenvalue weighted by Crippen LogP contribution is -2.16. The van der Waals surface area contributed by atoms with Gasteiger partial charge in [-0.05, 0) is 36.8 Å². The number of halogens is 2. The van der Waals surface area contributed by atoms with E-state index in [0.717, 1.165) is 17.7 Å². The summed E-state index contributed by atoms with van der Waals surface area (Å²) < 4.78 is 32.3. The maximum Gasteiger partial charge on any atom is 0.343 e. The average molecular weight is 316 g/mol. The molecule has 116 valence electrons. The zero-order chi connectivity index (χ0) is 16.7. The van der Waals surface area contributed by atoms with Crippen LogP contribution in [0.1, 0.15) is 15.9 Å². The SMILES string of the molecule is Cc1ccc2c(=O)c(C(=O)O)c(-c3cc(F)cc(F)c3)oc2c1. The van der Waals surface area contributed by atoms with Gasteiger partial charge in [-0.3, -0.25) is 4.79 Å². The molecule has 0 spiro atoms. The molecule has 2 aromatic carbocycles. The van der Waals surface area contributed by atoms with Crippen molar-refractivity contribution in [3.05, 3.63) is 69.4 Å². The topological polar surface area (TPSA) is 67.5 Å². The number of carboxylic acid groups (broad SMARTS) is 1. The predicted octanol–water partition coefficient (Wildman–Crippen LogP) is 3.74. The Morgan fingerprint density at radius 2 is 1.74 bits per heavy atom. The number of rotatable bonds is 2. The summed E-state index contributed by atoms with van der Waals surface area (Å²) >= 11 is 0. The second-order valence-corrected chi connectivity index (χ2v) is 5.10. The van der Waals surface area contributed by atoms with Crippen molar-refractivity contribution in [2.75, 3.05) is 0 Å². The van der Waals surface area contributed by atoms with Gasteiger partial charge in [0.1, 0.15) is 17.2 Å². The number of hydrogen-bond acceptors (Lipinski definition) is 3. The van der Waals surface area contributed by atoms with Gasteiger partial charge < -0.3 is 9.52 Å². The molecule has 1 aromatic heterocycles. The van der Waals surface area contributed by atoms with Gasteiger partial charge in [-0.15, -0.1) is 0 Å². The van der Waals surface area contributed by atoms with Gasteiger partial charge in [0, 0.05) is 11.6 Å². The van der Waals surface area contributed by atoms with E-state index < -0.39 is 28.6 Å². The van der Waals surface area contributed by atoms with Crippen LogP contribution in [0.15, 0.2) is 45.6 Å². The summed E-state index contributed by atoms with van der Waals surface area (Å²) in [5.74, 6) is -3.70. The summed E-state index contributed by atoms with van der Waals surface area (Å²) in [4.78, 5) is 23.9. The van der Waals surface area contributed by atoms with E-state index in [1.165, 1.54) is 6.07 Å². The van der Waals surface area contributed by atoms with Crippen LogP contribution in [0.4, 0.5) is 8.78 Å². The Hall–Kier alpha value is -3.02. The highest BCUT2D eigenvalue weighted by atomic mass is 19.1. The van der Waals surface area contributed by atoms with Crippen molar-refractivity contribution in [3.63, 3.8) is 0 Å². The first-order chi connectivity index (χ1) is 10.9. The van der Waals surface area contributed by atoms with E-state index in [9.17, 15) is 23.5 Å². The lowest BCUT2D eigenvalue weighted by molar-refractivity contribution is 0.0694. The van der Waals surface area contributed by atoms with Gasteiger partial charge in [-0.25, -0.2) is 13.6 Å². The van der Waals surface area contributed by atoms with Crippen LogP contribution < -0.4 is 5.43 Å². The van der Waals surface area contributed by atoms with Crippen molar-refractivity contribution in [2.45, 2.75) is 6.92 Å². The van der Waals surface area contributed by atoms with Crippen LogP contribution in [0.2, 0.25) is 0 Å². The van der Waals surface area contributed by atoms with Gasteiger partial charge in [0.15, 0.2) is 11.3 Å². The van der Waals surface area contributed by atoms with E-state index in [2.05, 4.69) is 0 Å². The standard InChI is InChI=1S/C17H10F2O4/c1-8-2-3-12-13(4-8)23-16(14(15(12)20)17(21)22)9-5-10(18)7-11(19)6-9/h2-7H,1H3,(H,21,22). The third kappa shape index (κ3) is 2.59. The van der Waals surface area contributed by atoms with Crippen LogP contribution in [-0.4, -0.2) is 11.1 Å². The fraction of sp³-hybridized carbons (Fsp3) is 0.0588. The van der Waals surface area contributed by atoms with Crippen molar-refractivity contribution in [1.29, 1.82) is 0 Å². The Kier molecular flexibility index (Phi) is 3.44. The highest BCUT2D eigenvalue weighted by Crippen LogP contribution is 2.27. The molecule has 0 atom stereocenters. The molecule has 0 aliphatic rings. The Balaban J connectivity index is 2.45. The van der Waals surface area contributed by atoms with E-state index >= 15 is 0 Å². The molecule has 1 N–H and O–H groups in total. The second-order valence-electron chi connectivity index (χ2n) is 5.10. The summed E-state index contributed by atoms with van der Waals surface area (Å²) in [7, 11) is 0. The lowest BCUT2D eigenvalue weighted by atomic mass is 10.0. The minimum absolute atomic E-state index is 0.0913. The molecule has 0 aliphatic carbocycles. The number of carbonyl (C=O) groups is 1. The van der Waals surface area contributed by atoms with Gasteiger partial charge in [0.25, 0.3) is 0 Å². The zero-order valence-corrected chi connectivity index (χ0v) is 11.9. The third-order valence-electron chi connectivity index (χ3n) is 3.39. The first-order valence-electron chi connectivity index (χ1n) is 6.64. The molecule has 0 fully saturated rings. The van der Waals surface area contributed by atoms with Crippen LogP contribution in [0, 0.1) is 18.6 Å². The molecule has 0 unspecified atom stereocenters. The summed E-state index contributed by atoms with van der Waals surface area (Å²) in [6.45, 7) is 1.77. The molecule has 0 bridgehead atoms. The van der Waals surface area contributed by atoms with E-state index in [4.69, 9.17) is 4.42 Å². The largest absolute Gasteiger partial charge is 0.477 e. The number of carboxylic acids is 1. The molecule has 0 aliphatic heterocycles. The number of fused-ring (bicyclic) bond motifs is 1. The van der Waals surface area contributed by atoms with E-state index in [0.29, 0.717) is 6.07 Å². The van der Waals surface area contributed by atoms with Gasteiger partial charge in [0.2, 0.25) is 5.43 Å². The van der Waals surface area contributed by atoms with Crippen LogP contribution in [0.3, 0.4) is 0 Å². The molecule has 0 amide bonds. The monoisotopic (exact) mass is 316 g/mol. The highest BCUT2D eigenvalue weighted by molar-refractivity contribution is 5.98. The van der Waals surface area contributed by atoms with Crippen molar-refractivity contribution in [3.8, 4) is 11.3 Å². The van der Waals surface area contributed by atoms with Gasteiger partial charge in [-0.1, -0.05) is 6.07 Å². The highest BCUT2D eigenvalue weighted by Gasteiger charge is 2.22. The molecular weight excluding hydrogens is 306 g/mol. The van der Waals surface area contributed by atoms with Gasteiger partial charge in [0.05, 0.1) is 5.39 Å². The molecule has 0 saturated heterocycles. The Morgan fingerprint density at radius 1 is 1.09 bits per heavy atom. The molecule has 0 radical (unpaired) electrons.